The highest BCUT2D eigenvalue weighted by Gasteiger charge is 2.07. The van der Waals surface area contributed by atoms with Crippen molar-refractivity contribution in [3.63, 3.8) is 0 Å². The molecule has 3 aromatic rings. The Morgan fingerprint density at radius 2 is 1.59 bits per heavy atom. The van der Waals surface area contributed by atoms with Crippen molar-refractivity contribution in [3.05, 3.63) is 99.3 Å². The van der Waals surface area contributed by atoms with E-state index in [2.05, 4.69) is 5.32 Å². The Labute approximate surface area is 168 Å². The molecular formula is C22H20Cl2FNO. The summed E-state index contributed by atoms with van der Waals surface area (Å²) >= 11 is 12.0. The van der Waals surface area contributed by atoms with Gasteiger partial charge in [-0.15, -0.1) is 0 Å². The van der Waals surface area contributed by atoms with Gasteiger partial charge < -0.3 is 10.1 Å². The van der Waals surface area contributed by atoms with Crippen molar-refractivity contribution >= 4 is 23.2 Å². The summed E-state index contributed by atoms with van der Waals surface area (Å²) in [6.45, 7) is 1.59. The van der Waals surface area contributed by atoms with Crippen molar-refractivity contribution in [3.8, 4) is 5.75 Å². The van der Waals surface area contributed by atoms with E-state index in [0.29, 0.717) is 22.9 Å². The maximum atomic E-state index is 13.8. The van der Waals surface area contributed by atoms with E-state index in [1.165, 1.54) is 11.6 Å². The van der Waals surface area contributed by atoms with E-state index >= 15 is 0 Å². The summed E-state index contributed by atoms with van der Waals surface area (Å²) in [5.41, 5.74) is 2.68. The molecular weight excluding hydrogens is 384 g/mol. The number of hydrogen-bond donors (Lipinski definition) is 1. The highest BCUT2D eigenvalue weighted by molar-refractivity contribution is 6.30. The average Bonchev–Trinajstić information content (AvgIpc) is 2.67. The lowest BCUT2D eigenvalue weighted by atomic mass is 10.1. The van der Waals surface area contributed by atoms with Crippen LogP contribution in [0.2, 0.25) is 10.0 Å². The Hall–Kier alpha value is -2.07. The molecule has 3 rings (SSSR count). The molecule has 0 spiro atoms. The smallest absolute Gasteiger partial charge is 0.129 e. The van der Waals surface area contributed by atoms with Crippen LogP contribution in [-0.2, 0) is 19.6 Å². The minimum absolute atomic E-state index is 0.173. The molecule has 3 aromatic carbocycles. The van der Waals surface area contributed by atoms with Crippen molar-refractivity contribution in [2.45, 2.75) is 19.6 Å². The standard InChI is InChI=1S/C22H20Cl2FNO/c23-19-7-5-16(6-8-19)11-12-26-14-18-13-20(24)9-10-22(18)27-15-17-3-1-2-4-21(17)25/h1-10,13,26H,11-12,14-15H2. The third kappa shape index (κ3) is 5.96. The molecule has 0 heterocycles. The zero-order valence-electron chi connectivity index (χ0n) is 14.7. The zero-order chi connectivity index (χ0) is 19.1. The molecule has 27 heavy (non-hydrogen) atoms. The van der Waals surface area contributed by atoms with Gasteiger partial charge in [0.15, 0.2) is 0 Å². The Morgan fingerprint density at radius 3 is 2.37 bits per heavy atom. The third-order valence-electron chi connectivity index (χ3n) is 4.18. The first-order chi connectivity index (χ1) is 13.1. The summed E-state index contributed by atoms with van der Waals surface area (Å²) in [6.07, 6.45) is 0.892. The molecule has 0 radical (unpaired) electrons. The van der Waals surface area contributed by atoms with Gasteiger partial charge in [-0.2, -0.15) is 0 Å². The molecule has 0 aliphatic carbocycles. The van der Waals surface area contributed by atoms with E-state index in [0.717, 1.165) is 23.6 Å². The van der Waals surface area contributed by atoms with Gasteiger partial charge in [0.25, 0.3) is 0 Å². The van der Waals surface area contributed by atoms with Gasteiger partial charge in [0.05, 0.1) is 0 Å². The third-order valence-corrected chi connectivity index (χ3v) is 4.67. The summed E-state index contributed by atoms with van der Waals surface area (Å²) in [7, 11) is 0. The second-order valence-corrected chi connectivity index (χ2v) is 7.06. The summed E-state index contributed by atoms with van der Waals surface area (Å²) in [5, 5.41) is 4.78. The molecule has 1 N–H and O–H groups in total. The lowest BCUT2D eigenvalue weighted by Gasteiger charge is -2.13. The normalized spacial score (nSPS) is 10.8. The SMILES string of the molecule is Fc1ccccc1COc1ccc(Cl)cc1CNCCc1ccc(Cl)cc1. The highest BCUT2D eigenvalue weighted by Crippen LogP contribution is 2.24. The Balaban J connectivity index is 1.57. The molecule has 0 aliphatic heterocycles. The van der Waals surface area contributed by atoms with Crippen molar-refractivity contribution < 1.29 is 9.13 Å². The van der Waals surface area contributed by atoms with Crippen LogP contribution < -0.4 is 10.1 Å². The van der Waals surface area contributed by atoms with E-state index in [4.69, 9.17) is 27.9 Å². The number of ether oxygens (including phenoxy) is 1. The summed E-state index contributed by atoms with van der Waals surface area (Å²) in [6, 6.07) is 19.9. The first kappa shape index (κ1) is 19.7. The number of halogens is 3. The molecule has 5 heteroatoms. The van der Waals surface area contributed by atoms with Gasteiger partial charge in [-0.1, -0.05) is 53.5 Å². The highest BCUT2D eigenvalue weighted by atomic mass is 35.5. The van der Waals surface area contributed by atoms with Gasteiger partial charge in [-0.25, -0.2) is 4.39 Å². The van der Waals surface area contributed by atoms with Gasteiger partial charge in [0, 0.05) is 27.7 Å². The van der Waals surface area contributed by atoms with Crippen molar-refractivity contribution in [2.75, 3.05) is 6.54 Å². The zero-order valence-corrected chi connectivity index (χ0v) is 16.2. The molecule has 0 atom stereocenters. The van der Waals surface area contributed by atoms with Crippen LogP contribution in [0.4, 0.5) is 4.39 Å². The van der Waals surface area contributed by atoms with Crippen molar-refractivity contribution in [1.29, 1.82) is 0 Å². The maximum absolute atomic E-state index is 13.8. The monoisotopic (exact) mass is 403 g/mol. The Morgan fingerprint density at radius 1 is 0.852 bits per heavy atom. The first-order valence-electron chi connectivity index (χ1n) is 8.71. The lowest BCUT2D eigenvalue weighted by molar-refractivity contribution is 0.296. The maximum Gasteiger partial charge on any atom is 0.129 e. The average molecular weight is 404 g/mol. The molecule has 0 saturated carbocycles. The van der Waals surface area contributed by atoms with E-state index in [-0.39, 0.29) is 12.4 Å². The minimum Gasteiger partial charge on any atom is -0.488 e. The van der Waals surface area contributed by atoms with Gasteiger partial charge in [0.1, 0.15) is 18.2 Å². The summed E-state index contributed by atoms with van der Waals surface area (Å²) in [4.78, 5) is 0. The topological polar surface area (TPSA) is 21.3 Å². The quantitative estimate of drug-likeness (QED) is 0.462. The second-order valence-electron chi connectivity index (χ2n) is 6.19. The van der Waals surface area contributed by atoms with Crippen LogP contribution in [0.15, 0.2) is 66.7 Å². The second kappa shape index (κ2) is 9.75. The van der Waals surface area contributed by atoms with E-state index in [1.807, 2.05) is 36.4 Å². The molecule has 2 nitrogen and oxygen atoms in total. The fourth-order valence-corrected chi connectivity index (χ4v) is 3.03. The van der Waals surface area contributed by atoms with Crippen molar-refractivity contribution in [2.24, 2.45) is 0 Å². The molecule has 0 fully saturated rings. The van der Waals surface area contributed by atoms with Gasteiger partial charge in [-0.3, -0.25) is 0 Å². The lowest BCUT2D eigenvalue weighted by Crippen LogP contribution is -2.17. The largest absolute Gasteiger partial charge is 0.488 e. The summed E-state index contributed by atoms with van der Waals surface area (Å²) < 4.78 is 19.6. The molecule has 0 unspecified atom stereocenters. The molecule has 0 aromatic heterocycles. The van der Waals surface area contributed by atoms with E-state index < -0.39 is 0 Å². The van der Waals surface area contributed by atoms with Gasteiger partial charge in [-0.05, 0) is 54.9 Å². The molecule has 0 saturated heterocycles. The van der Waals surface area contributed by atoms with Gasteiger partial charge in [0.2, 0.25) is 0 Å². The summed E-state index contributed by atoms with van der Waals surface area (Å²) in [5.74, 6) is 0.427. The van der Waals surface area contributed by atoms with Crippen LogP contribution >= 0.6 is 23.2 Å². The Kier molecular flexibility index (Phi) is 7.11. The van der Waals surface area contributed by atoms with E-state index in [9.17, 15) is 4.39 Å². The fourth-order valence-electron chi connectivity index (χ4n) is 2.70. The molecule has 140 valence electrons. The Bertz CT molecular complexity index is 884. The first-order valence-corrected chi connectivity index (χ1v) is 9.47. The predicted molar refractivity (Wildman–Crippen MR) is 109 cm³/mol. The number of benzene rings is 3. The van der Waals surface area contributed by atoms with Crippen LogP contribution in [0, 0.1) is 5.82 Å². The predicted octanol–water partition coefficient (Wildman–Crippen LogP) is 6.04. The number of rotatable bonds is 8. The van der Waals surface area contributed by atoms with Crippen LogP contribution in [0.1, 0.15) is 16.7 Å². The number of hydrogen-bond acceptors (Lipinski definition) is 2. The minimum atomic E-state index is -0.269. The van der Waals surface area contributed by atoms with Crippen LogP contribution in [-0.4, -0.2) is 6.54 Å². The van der Waals surface area contributed by atoms with Crippen LogP contribution in [0.5, 0.6) is 5.75 Å². The number of nitrogens with one attached hydrogen (secondary N) is 1. The molecule has 0 aliphatic rings. The van der Waals surface area contributed by atoms with Gasteiger partial charge >= 0.3 is 0 Å². The van der Waals surface area contributed by atoms with Crippen LogP contribution in [0.25, 0.3) is 0 Å². The van der Waals surface area contributed by atoms with Crippen LogP contribution in [0.3, 0.4) is 0 Å². The van der Waals surface area contributed by atoms with E-state index in [1.54, 1.807) is 24.3 Å². The fraction of sp³-hybridized carbons (Fsp3) is 0.182. The van der Waals surface area contributed by atoms with Crippen molar-refractivity contribution in [1.82, 2.24) is 5.32 Å². The molecule has 0 amide bonds. The molecule has 0 bridgehead atoms.